The van der Waals surface area contributed by atoms with Crippen LogP contribution in [0.5, 0.6) is 0 Å². The van der Waals surface area contributed by atoms with Crippen molar-refractivity contribution in [2.24, 2.45) is 0 Å². The number of halogens is 1. The molecule has 0 spiro atoms. The first-order chi connectivity index (χ1) is 9.22. The summed E-state index contributed by atoms with van der Waals surface area (Å²) in [4.78, 5) is 5.06. The number of nitrogens with zero attached hydrogens (tertiary/aromatic N) is 2. The van der Waals surface area contributed by atoms with Gasteiger partial charge in [0.2, 0.25) is 0 Å². The third-order valence-corrected chi connectivity index (χ3v) is 4.44. The van der Waals surface area contributed by atoms with Crippen molar-refractivity contribution in [3.05, 3.63) is 28.8 Å². The van der Waals surface area contributed by atoms with E-state index in [0.717, 1.165) is 18.1 Å². The molecule has 1 saturated heterocycles. The van der Waals surface area contributed by atoms with Crippen LogP contribution in [0.15, 0.2) is 18.2 Å². The molecule has 0 aliphatic carbocycles. The molecule has 1 aliphatic rings. The summed E-state index contributed by atoms with van der Waals surface area (Å²) in [6, 6.07) is 6.22. The second-order valence-corrected chi connectivity index (χ2v) is 5.83. The summed E-state index contributed by atoms with van der Waals surface area (Å²) < 4.78 is 0. The zero-order valence-electron chi connectivity index (χ0n) is 12.2. The Labute approximate surface area is 122 Å². The third kappa shape index (κ3) is 3.87. The second kappa shape index (κ2) is 7.16. The minimum absolute atomic E-state index is 0.878. The van der Waals surface area contributed by atoms with Crippen molar-refractivity contribution in [2.45, 2.75) is 33.1 Å². The Morgan fingerprint density at radius 3 is 2.53 bits per heavy atom. The Morgan fingerprint density at radius 2 is 1.84 bits per heavy atom. The van der Waals surface area contributed by atoms with Gasteiger partial charge < -0.3 is 4.90 Å². The Morgan fingerprint density at radius 1 is 1.11 bits per heavy atom. The van der Waals surface area contributed by atoms with E-state index in [0.29, 0.717) is 0 Å². The molecule has 3 heteroatoms. The summed E-state index contributed by atoms with van der Waals surface area (Å²) in [7, 11) is 0. The summed E-state index contributed by atoms with van der Waals surface area (Å²) in [6.45, 7) is 10.2. The highest BCUT2D eigenvalue weighted by Gasteiger charge is 2.18. The van der Waals surface area contributed by atoms with Crippen LogP contribution >= 0.6 is 11.6 Å². The summed E-state index contributed by atoms with van der Waals surface area (Å²) in [6.07, 6.45) is 4.00. The molecule has 106 valence electrons. The zero-order valence-corrected chi connectivity index (χ0v) is 12.9. The lowest BCUT2D eigenvalue weighted by atomic mass is 10.1. The molecule has 1 fully saturated rings. The minimum atomic E-state index is 0.878. The van der Waals surface area contributed by atoms with Crippen molar-refractivity contribution in [3.63, 3.8) is 0 Å². The van der Waals surface area contributed by atoms with Gasteiger partial charge in [-0.05, 0) is 37.6 Å². The molecule has 1 aliphatic heterocycles. The van der Waals surface area contributed by atoms with Crippen LogP contribution in [0.25, 0.3) is 0 Å². The molecule has 0 saturated carbocycles. The average molecular weight is 281 g/mol. The molecule has 0 bridgehead atoms. The molecule has 2 nitrogen and oxygen atoms in total. The van der Waals surface area contributed by atoms with Crippen LogP contribution in [0, 0.1) is 6.92 Å². The maximum absolute atomic E-state index is 6.21. The number of unbranched alkanes of at least 4 members (excludes halogenated alkanes) is 2. The molecule has 0 N–H and O–H groups in total. The van der Waals surface area contributed by atoms with Crippen LogP contribution in [-0.4, -0.2) is 37.6 Å². The Kier molecular flexibility index (Phi) is 5.53. The number of hydrogen-bond acceptors (Lipinski definition) is 2. The SMILES string of the molecule is CCCCCN1CCN(c2cccc(Cl)c2C)CC1. The van der Waals surface area contributed by atoms with Crippen molar-refractivity contribution in [1.82, 2.24) is 4.90 Å². The fraction of sp³-hybridized carbons (Fsp3) is 0.625. The average Bonchev–Trinajstić information content (AvgIpc) is 2.43. The number of anilines is 1. The Balaban J connectivity index is 1.87. The lowest BCUT2D eigenvalue weighted by molar-refractivity contribution is 0.252. The Hall–Kier alpha value is -0.730. The number of rotatable bonds is 5. The van der Waals surface area contributed by atoms with Crippen LogP contribution < -0.4 is 4.90 Å². The van der Waals surface area contributed by atoms with Crippen LogP contribution in [0.2, 0.25) is 5.02 Å². The monoisotopic (exact) mass is 280 g/mol. The molecule has 1 heterocycles. The smallest absolute Gasteiger partial charge is 0.0455 e. The van der Waals surface area contributed by atoms with E-state index in [1.54, 1.807) is 0 Å². The van der Waals surface area contributed by atoms with Crippen LogP contribution in [0.4, 0.5) is 5.69 Å². The van der Waals surface area contributed by atoms with Crippen molar-refractivity contribution >= 4 is 17.3 Å². The maximum atomic E-state index is 6.21. The molecule has 0 radical (unpaired) electrons. The van der Waals surface area contributed by atoms with E-state index in [2.05, 4.69) is 35.8 Å². The van der Waals surface area contributed by atoms with Crippen LogP contribution in [0.1, 0.15) is 31.7 Å². The van der Waals surface area contributed by atoms with E-state index in [1.165, 1.54) is 50.1 Å². The summed E-state index contributed by atoms with van der Waals surface area (Å²) in [5.41, 5.74) is 2.52. The molecule has 0 aromatic heterocycles. The van der Waals surface area contributed by atoms with Crippen molar-refractivity contribution < 1.29 is 0 Å². The standard InChI is InChI=1S/C16H25ClN2/c1-3-4-5-9-18-10-12-19(13-11-18)16-8-6-7-15(17)14(16)2/h6-8H,3-5,9-13H2,1-2H3. The lowest BCUT2D eigenvalue weighted by Crippen LogP contribution is -2.46. The van der Waals surface area contributed by atoms with Crippen molar-refractivity contribution in [3.8, 4) is 0 Å². The summed E-state index contributed by atoms with van der Waals surface area (Å²) in [5.74, 6) is 0. The summed E-state index contributed by atoms with van der Waals surface area (Å²) in [5, 5.41) is 0.878. The lowest BCUT2D eigenvalue weighted by Gasteiger charge is -2.37. The third-order valence-electron chi connectivity index (χ3n) is 4.03. The van der Waals surface area contributed by atoms with E-state index in [9.17, 15) is 0 Å². The minimum Gasteiger partial charge on any atom is -0.369 e. The topological polar surface area (TPSA) is 6.48 Å². The highest BCUT2D eigenvalue weighted by Crippen LogP contribution is 2.27. The van der Waals surface area contributed by atoms with Crippen molar-refractivity contribution in [1.29, 1.82) is 0 Å². The van der Waals surface area contributed by atoms with Gasteiger partial charge in [0, 0.05) is 36.9 Å². The fourth-order valence-electron chi connectivity index (χ4n) is 2.74. The predicted molar refractivity (Wildman–Crippen MR) is 84.4 cm³/mol. The van der Waals surface area contributed by atoms with Crippen LogP contribution in [-0.2, 0) is 0 Å². The van der Waals surface area contributed by atoms with Gasteiger partial charge in [0.05, 0.1) is 0 Å². The van der Waals surface area contributed by atoms with Gasteiger partial charge >= 0.3 is 0 Å². The maximum Gasteiger partial charge on any atom is 0.0455 e. The first kappa shape index (κ1) is 14.7. The normalized spacial score (nSPS) is 16.9. The Bertz CT molecular complexity index is 398. The van der Waals surface area contributed by atoms with Gasteiger partial charge in [-0.2, -0.15) is 0 Å². The summed E-state index contributed by atoms with van der Waals surface area (Å²) >= 11 is 6.21. The number of piperazine rings is 1. The van der Waals surface area contributed by atoms with E-state index in [4.69, 9.17) is 11.6 Å². The molecule has 1 aromatic carbocycles. The van der Waals surface area contributed by atoms with E-state index in [-0.39, 0.29) is 0 Å². The van der Waals surface area contributed by atoms with E-state index >= 15 is 0 Å². The molecule has 2 rings (SSSR count). The molecule has 1 aromatic rings. The van der Waals surface area contributed by atoms with Gasteiger partial charge in [0.1, 0.15) is 0 Å². The number of hydrogen-bond donors (Lipinski definition) is 0. The quantitative estimate of drug-likeness (QED) is 0.753. The largest absolute Gasteiger partial charge is 0.369 e. The van der Waals surface area contributed by atoms with Gasteiger partial charge in [0.25, 0.3) is 0 Å². The van der Waals surface area contributed by atoms with Gasteiger partial charge in [-0.3, -0.25) is 4.90 Å². The highest BCUT2D eigenvalue weighted by molar-refractivity contribution is 6.31. The predicted octanol–water partition coefficient (Wildman–Crippen LogP) is 3.96. The molecule has 0 amide bonds. The first-order valence-corrected chi connectivity index (χ1v) is 7.82. The zero-order chi connectivity index (χ0) is 13.7. The van der Waals surface area contributed by atoms with Gasteiger partial charge in [-0.15, -0.1) is 0 Å². The van der Waals surface area contributed by atoms with Gasteiger partial charge in [-0.25, -0.2) is 0 Å². The van der Waals surface area contributed by atoms with Gasteiger partial charge in [-0.1, -0.05) is 37.4 Å². The molecular weight excluding hydrogens is 256 g/mol. The molecular formula is C16H25ClN2. The molecule has 0 unspecified atom stereocenters. The van der Waals surface area contributed by atoms with E-state index in [1.807, 2.05) is 6.07 Å². The van der Waals surface area contributed by atoms with Gasteiger partial charge in [0.15, 0.2) is 0 Å². The van der Waals surface area contributed by atoms with Crippen LogP contribution in [0.3, 0.4) is 0 Å². The fourth-order valence-corrected chi connectivity index (χ4v) is 2.91. The molecule has 0 atom stereocenters. The second-order valence-electron chi connectivity index (χ2n) is 5.42. The highest BCUT2D eigenvalue weighted by atomic mass is 35.5. The first-order valence-electron chi connectivity index (χ1n) is 7.44. The number of benzene rings is 1. The van der Waals surface area contributed by atoms with E-state index < -0.39 is 0 Å². The van der Waals surface area contributed by atoms with Crippen molar-refractivity contribution in [2.75, 3.05) is 37.6 Å². The molecule has 19 heavy (non-hydrogen) atoms.